The molecule has 0 spiro atoms. The zero-order valence-electron chi connectivity index (χ0n) is 18.5. The molecule has 2 amide bonds. The molecule has 0 radical (unpaired) electrons. The molecule has 0 bridgehead atoms. The van der Waals surface area contributed by atoms with Crippen molar-refractivity contribution in [1.29, 1.82) is 0 Å². The normalized spacial score (nSPS) is 25.3. The third-order valence-corrected chi connectivity index (χ3v) is 7.87. The Hall–Kier alpha value is -2.46. The topological polar surface area (TPSA) is 108 Å². The van der Waals surface area contributed by atoms with E-state index in [-0.39, 0.29) is 34.6 Å². The van der Waals surface area contributed by atoms with Crippen LogP contribution in [0.2, 0.25) is 0 Å². The third-order valence-electron chi connectivity index (χ3n) is 6.48. The van der Waals surface area contributed by atoms with Crippen LogP contribution in [-0.2, 0) is 24.3 Å². The minimum Gasteiger partial charge on any atom is -0.368 e. The summed E-state index contributed by atoms with van der Waals surface area (Å²) in [5.41, 5.74) is 0.487. The predicted octanol–water partition coefficient (Wildman–Crippen LogP) is 0.990. The van der Waals surface area contributed by atoms with Gasteiger partial charge in [-0.3, -0.25) is 19.3 Å². The van der Waals surface area contributed by atoms with E-state index in [1.54, 1.807) is 28.0 Å². The Morgan fingerprint density at radius 1 is 1.19 bits per heavy atom. The van der Waals surface area contributed by atoms with Gasteiger partial charge in [-0.2, -0.15) is 0 Å². The fourth-order valence-corrected chi connectivity index (χ4v) is 5.57. The standard InChI is InChI=1S/C22H30N4O5S/c1-3-15(2)19(23-20-16-7-4-5-9-18(16)32(29,30)24-20)22(28)26-12-10-25(11-13-26)21(27)17-8-6-14-31-17/h4-5,7,9,15,17,19H,3,6,8,10-14H2,1-2H3,(H,23,24)/t15-,17?,19-/m0/s1. The van der Waals surface area contributed by atoms with Crippen LogP contribution in [0.3, 0.4) is 0 Å². The van der Waals surface area contributed by atoms with E-state index in [9.17, 15) is 18.0 Å². The van der Waals surface area contributed by atoms with E-state index in [4.69, 9.17) is 4.74 Å². The van der Waals surface area contributed by atoms with E-state index < -0.39 is 16.1 Å². The van der Waals surface area contributed by atoms with Gasteiger partial charge in [0.2, 0.25) is 5.91 Å². The quantitative estimate of drug-likeness (QED) is 0.702. The van der Waals surface area contributed by atoms with Crippen molar-refractivity contribution in [1.82, 2.24) is 14.5 Å². The molecule has 0 saturated carbocycles. The lowest BCUT2D eigenvalue weighted by Gasteiger charge is -2.37. The number of nitrogens with zero attached hydrogens (tertiary/aromatic N) is 3. The van der Waals surface area contributed by atoms with Crippen molar-refractivity contribution in [2.75, 3.05) is 32.8 Å². The monoisotopic (exact) mass is 462 g/mol. The zero-order chi connectivity index (χ0) is 22.9. The molecule has 10 heteroatoms. The molecule has 0 aromatic heterocycles. The second kappa shape index (κ2) is 9.19. The van der Waals surface area contributed by atoms with Crippen LogP contribution in [-0.4, -0.2) is 80.8 Å². The number of benzene rings is 1. The second-order valence-corrected chi connectivity index (χ2v) is 10.2. The first-order valence-electron chi connectivity index (χ1n) is 11.2. The molecule has 1 aromatic carbocycles. The van der Waals surface area contributed by atoms with Gasteiger partial charge in [-0.15, -0.1) is 0 Å². The number of fused-ring (bicyclic) bond motifs is 1. The van der Waals surface area contributed by atoms with Crippen LogP contribution >= 0.6 is 0 Å². The summed E-state index contributed by atoms with van der Waals surface area (Å²) in [5, 5.41) is 0. The predicted molar refractivity (Wildman–Crippen MR) is 119 cm³/mol. The van der Waals surface area contributed by atoms with Crippen molar-refractivity contribution in [3.05, 3.63) is 29.8 Å². The molecule has 4 rings (SSSR count). The molecule has 3 aliphatic rings. The highest BCUT2D eigenvalue weighted by Crippen LogP contribution is 2.25. The van der Waals surface area contributed by atoms with E-state index in [0.29, 0.717) is 38.3 Å². The van der Waals surface area contributed by atoms with E-state index >= 15 is 0 Å². The van der Waals surface area contributed by atoms with Crippen molar-refractivity contribution >= 4 is 27.7 Å². The van der Waals surface area contributed by atoms with Crippen LogP contribution < -0.4 is 4.72 Å². The molecule has 3 aliphatic heterocycles. The minimum absolute atomic E-state index is 0.00490. The number of carbonyl (C=O) groups is 2. The number of hydrogen-bond donors (Lipinski definition) is 1. The first kappa shape index (κ1) is 22.7. The second-order valence-electron chi connectivity index (χ2n) is 8.56. The fourth-order valence-electron chi connectivity index (χ4n) is 4.33. The lowest BCUT2D eigenvalue weighted by atomic mass is 9.97. The molecule has 9 nitrogen and oxygen atoms in total. The third kappa shape index (κ3) is 4.38. The van der Waals surface area contributed by atoms with Gasteiger partial charge in [0.1, 0.15) is 18.0 Å². The van der Waals surface area contributed by atoms with Gasteiger partial charge in [0.05, 0.1) is 4.90 Å². The van der Waals surface area contributed by atoms with Crippen LogP contribution in [0.4, 0.5) is 0 Å². The number of ether oxygens (including phenoxy) is 1. The molecule has 2 fully saturated rings. The van der Waals surface area contributed by atoms with Crippen LogP contribution in [0.25, 0.3) is 0 Å². The highest BCUT2D eigenvalue weighted by molar-refractivity contribution is 7.90. The van der Waals surface area contributed by atoms with Crippen LogP contribution in [0, 0.1) is 5.92 Å². The van der Waals surface area contributed by atoms with Gasteiger partial charge in [-0.1, -0.05) is 32.4 Å². The lowest BCUT2D eigenvalue weighted by molar-refractivity contribution is -0.146. The highest BCUT2D eigenvalue weighted by atomic mass is 32.2. The van der Waals surface area contributed by atoms with Gasteiger partial charge in [0, 0.05) is 38.3 Å². The highest BCUT2D eigenvalue weighted by Gasteiger charge is 2.36. The first-order chi connectivity index (χ1) is 15.3. The first-order valence-corrected chi connectivity index (χ1v) is 12.7. The number of hydrogen-bond acceptors (Lipinski definition) is 6. The number of rotatable bonds is 5. The molecule has 3 heterocycles. The number of amidine groups is 1. The van der Waals surface area contributed by atoms with Crippen LogP contribution in [0.5, 0.6) is 0 Å². The summed E-state index contributed by atoms with van der Waals surface area (Å²) in [6.07, 6.45) is 2.02. The average Bonchev–Trinajstić information content (AvgIpc) is 3.43. The maximum Gasteiger partial charge on any atom is 0.263 e. The number of piperazine rings is 1. The Morgan fingerprint density at radius 2 is 1.88 bits per heavy atom. The minimum atomic E-state index is -3.67. The molecular weight excluding hydrogens is 432 g/mol. The zero-order valence-corrected chi connectivity index (χ0v) is 19.3. The van der Waals surface area contributed by atoms with Crippen molar-refractivity contribution in [2.45, 2.75) is 50.2 Å². The van der Waals surface area contributed by atoms with E-state index in [1.165, 1.54) is 6.07 Å². The molecular formula is C22H30N4O5S. The van der Waals surface area contributed by atoms with E-state index in [0.717, 1.165) is 19.3 Å². The molecule has 1 N–H and O–H groups in total. The number of sulfonamides is 1. The Labute approximate surface area is 188 Å². The molecule has 1 aromatic rings. The van der Waals surface area contributed by atoms with Crippen molar-refractivity contribution in [3.8, 4) is 0 Å². The van der Waals surface area contributed by atoms with Crippen molar-refractivity contribution < 1.29 is 22.7 Å². The van der Waals surface area contributed by atoms with Crippen LogP contribution in [0.15, 0.2) is 34.2 Å². The fraction of sp³-hybridized carbons (Fsp3) is 0.591. The van der Waals surface area contributed by atoms with E-state index in [1.807, 2.05) is 13.8 Å². The van der Waals surface area contributed by atoms with E-state index in [2.05, 4.69) is 9.71 Å². The van der Waals surface area contributed by atoms with Gasteiger partial charge in [0.25, 0.3) is 15.9 Å². The SMILES string of the molecule is CC[C@H](C)[C@H](N=C1NS(=O)(=O)c2ccccc21)C(=O)N1CCN(C(=O)C2CCCO2)CC1. The Kier molecular flexibility index (Phi) is 6.52. The summed E-state index contributed by atoms with van der Waals surface area (Å²) in [7, 11) is -3.67. The van der Waals surface area contributed by atoms with Crippen molar-refractivity contribution in [3.63, 3.8) is 0 Å². The number of carbonyl (C=O) groups excluding carboxylic acids is 2. The van der Waals surface area contributed by atoms with Gasteiger partial charge in [-0.25, -0.2) is 8.42 Å². The summed E-state index contributed by atoms with van der Waals surface area (Å²) in [5.74, 6) is 0.00944. The summed E-state index contributed by atoms with van der Waals surface area (Å²) in [6.45, 7) is 6.33. The molecule has 174 valence electrons. The lowest BCUT2D eigenvalue weighted by Crippen LogP contribution is -2.55. The molecule has 32 heavy (non-hydrogen) atoms. The Balaban J connectivity index is 1.49. The molecule has 2 saturated heterocycles. The van der Waals surface area contributed by atoms with Gasteiger partial charge in [0.15, 0.2) is 0 Å². The largest absolute Gasteiger partial charge is 0.368 e. The van der Waals surface area contributed by atoms with Gasteiger partial charge >= 0.3 is 0 Å². The summed E-state index contributed by atoms with van der Waals surface area (Å²) >= 11 is 0. The summed E-state index contributed by atoms with van der Waals surface area (Å²) in [4.78, 5) is 34.3. The average molecular weight is 463 g/mol. The maximum absolute atomic E-state index is 13.4. The van der Waals surface area contributed by atoms with Crippen molar-refractivity contribution in [2.24, 2.45) is 10.9 Å². The molecule has 1 unspecified atom stereocenters. The molecule has 3 atom stereocenters. The van der Waals surface area contributed by atoms with Crippen LogP contribution in [0.1, 0.15) is 38.7 Å². The number of aliphatic imine (C=N–C) groups is 1. The van der Waals surface area contributed by atoms with Gasteiger partial charge in [-0.05, 0) is 30.9 Å². The Morgan fingerprint density at radius 3 is 2.53 bits per heavy atom. The number of amides is 2. The number of nitrogens with one attached hydrogen (secondary N) is 1. The Bertz CT molecular complexity index is 1010. The van der Waals surface area contributed by atoms with Gasteiger partial charge < -0.3 is 14.5 Å². The smallest absolute Gasteiger partial charge is 0.263 e. The summed E-state index contributed by atoms with van der Waals surface area (Å²) < 4.78 is 32.9. The molecule has 0 aliphatic carbocycles. The maximum atomic E-state index is 13.4. The summed E-state index contributed by atoms with van der Waals surface area (Å²) in [6, 6.07) is 5.94.